The fraction of sp³-hybridized carbons (Fsp3) is 0.462. The van der Waals surface area contributed by atoms with Crippen LogP contribution in [0.5, 0.6) is 0 Å². The van der Waals surface area contributed by atoms with Crippen molar-refractivity contribution in [3.63, 3.8) is 0 Å². The van der Waals surface area contributed by atoms with E-state index >= 15 is 0 Å². The van der Waals surface area contributed by atoms with Crippen LogP contribution in [0.25, 0.3) is 0 Å². The van der Waals surface area contributed by atoms with Crippen LogP contribution in [-0.4, -0.2) is 33.2 Å². The second kappa shape index (κ2) is 6.45. The van der Waals surface area contributed by atoms with Gasteiger partial charge in [-0.1, -0.05) is 11.8 Å². The van der Waals surface area contributed by atoms with Crippen molar-refractivity contribution in [1.82, 2.24) is 19.9 Å². The Morgan fingerprint density at radius 1 is 1.37 bits per heavy atom. The minimum Gasteiger partial charge on any atom is -0.293 e. The molecule has 0 saturated heterocycles. The second-order valence-corrected chi connectivity index (χ2v) is 6.16. The predicted octanol–water partition coefficient (Wildman–Crippen LogP) is 3.16. The maximum absolute atomic E-state index is 4.54. The van der Waals surface area contributed by atoms with Gasteiger partial charge in [-0.3, -0.25) is 4.90 Å². The highest BCUT2D eigenvalue weighted by atomic mass is 32.2. The average molecular weight is 294 g/mol. The number of hydrogen-bond acceptors (Lipinski definition) is 6. The first-order valence-corrected chi connectivity index (χ1v) is 8.17. The third kappa shape index (κ3) is 3.75. The van der Waals surface area contributed by atoms with Crippen molar-refractivity contribution >= 4 is 23.1 Å². The van der Waals surface area contributed by atoms with Gasteiger partial charge in [0.15, 0.2) is 5.16 Å². The lowest BCUT2D eigenvalue weighted by Gasteiger charge is -2.22. The standard InChI is InChI=1S/C13H18N4S2/c1-9-8-19-12(16-9)10(2)17(3)7-11-5-14-13(18-4)15-6-11/h5-6,8,10H,7H2,1-4H3. The molecular weight excluding hydrogens is 276 g/mol. The van der Waals surface area contributed by atoms with Crippen molar-refractivity contribution in [3.05, 3.63) is 34.0 Å². The molecule has 19 heavy (non-hydrogen) atoms. The van der Waals surface area contributed by atoms with E-state index in [9.17, 15) is 0 Å². The quantitative estimate of drug-likeness (QED) is 0.626. The van der Waals surface area contributed by atoms with Gasteiger partial charge in [0.25, 0.3) is 0 Å². The molecule has 0 N–H and O–H groups in total. The van der Waals surface area contributed by atoms with E-state index < -0.39 is 0 Å². The van der Waals surface area contributed by atoms with E-state index in [1.807, 2.05) is 25.6 Å². The topological polar surface area (TPSA) is 41.9 Å². The summed E-state index contributed by atoms with van der Waals surface area (Å²) in [5.41, 5.74) is 2.22. The lowest BCUT2D eigenvalue weighted by Crippen LogP contribution is -2.22. The molecule has 0 aliphatic rings. The molecule has 102 valence electrons. The summed E-state index contributed by atoms with van der Waals surface area (Å²) in [6, 6.07) is 0.305. The van der Waals surface area contributed by atoms with Crippen LogP contribution >= 0.6 is 23.1 Å². The molecule has 2 heterocycles. The van der Waals surface area contributed by atoms with Crippen LogP contribution in [0.3, 0.4) is 0 Å². The average Bonchev–Trinajstić information content (AvgIpc) is 2.85. The van der Waals surface area contributed by atoms with Gasteiger partial charge in [-0.25, -0.2) is 15.0 Å². The lowest BCUT2D eigenvalue weighted by molar-refractivity contribution is 0.251. The summed E-state index contributed by atoms with van der Waals surface area (Å²) < 4.78 is 0. The zero-order valence-corrected chi connectivity index (χ0v) is 13.3. The molecule has 0 aliphatic carbocycles. The van der Waals surface area contributed by atoms with Gasteiger partial charge in [-0.05, 0) is 27.2 Å². The molecule has 0 fully saturated rings. The highest BCUT2D eigenvalue weighted by Crippen LogP contribution is 2.23. The van der Waals surface area contributed by atoms with Crippen molar-refractivity contribution in [2.75, 3.05) is 13.3 Å². The van der Waals surface area contributed by atoms with Crippen molar-refractivity contribution in [1.29, 1.82) is 0 Å². The summed E-state index contributed by atoms with van der Waals surface area (Å²) in [6.45, 7) is 5.03. The van der Waals surface area contributed by atoms with Gasteiger partial charge in [0.05, 0.1) is 6.04 Å². The molecule has 4 nitrogen and oxygen atoms in total. The molecule has 0 amide bonds. The zero-order valence-electron chi connectivity index (χ0n) is 11.6. The molecule has 1 unspecified atom stereocenters. The smallest absolute Gasteiger partial charge is 0.187 e. The van der Waals surface area contributed by atoms with Crippen LogP contribution in [-0.2, 0) is 6.54 Å². The van der Waals surface area contributed by atoms with E-state index in [0.717, 1.165) is 28.0 Å². The number of rotatable bonds is 5. The van der Waals surface area contributed by atoms with Crippen LogP contribution in [0.2, 0.25) is 0 Å². The van der Waals surface area contributed by atoms with Crippen LogP contribution in [0.1, 0.15) is 29.2 Å². The molecule has 2 aromatic heterocycles. The predicted molar refractivity (Wildman–Crippen MR) is 80.5 cm³/mol. The van der Waals surface area contributed by atoms with Gasteiger partial charge in [-0.15, -0.1) is 11.3 Å². The molecule has 6 heteroatoms. The summed E-state index contributed by atoms with van der Waals surface area (Å²) in [6.07, 6.45) is 5.78. The molecule has 0 saturated carbocycles. The van der Waals surface area contributed by atoms with Crippen LogP contribution in [0.15, 0.2) is 22.9 Å². The zero-order chi connectivity index (χ0) is 13.8. The lowest BCUT2D eigenvalue weighted by atomic mass is 10.2. The Kier molecular flexibility index (Phi) is 4.90. The highest BCUT2D eigenvalue weighted by Gasteiger charge is 2.15. The third-order valence-electron chi connectivity index (χ3n) is 2.95. The summed E-state index contributed by atoms with van der Waals surface area (Å²) in [7, 11) is 2.10. The molecule has 0 aromatic carbocycles. The first-order valence-electron chi connectivity index (χ1n) is 6.07. The van der Waals surface area contributed by atoms with Gasteiger partial charge in [0.1, 0.15) is 5.01 Å². The van der Waals surface area contributed by atoms with E-state index in [1.54, 1.807) is 23.1 Å². The summed E-state index contributed by atoms with van der Waals surface area (Å²) in [5.74, 6) is 0. The Morgan fingerprint density at radius 3 is 2.58 bits per heavy atom. The maximum atomic E-state index is 4.54. The normalized spacial score (nSPS) is 12.9. The van der Waals surface area contributed by atoms with E-state index in [-0.39, 0.29) is 0 Å². The van der Waals surface area contributed by atoms with E-state index in [1.165, 1.54) is 0 Å². The largest absolute Gasteiger partial charge is 0.293 e. The summed E-state index contributed by atoms with van der Waals surface area (Å²) in [5, 5.41) is 4.06. The molecule has 0 aliphatic heterocycles. The SMILES string of the molecule is CSc1ncc(CN(C)C(C)c2nc(C)cs2)cn1. The molecule has 0 spiro atoms. The van der Waals surface area contributed by atoms with Crippen molar-refractivity contribution < 1.29 is 0 Å². The van der Waals surface area contributed by atoms with Gasteiger partial charge in [0, 0.05) is 35.6 Å². The number of aryl methyl sites for hydroxylation is 1. The fourth-order valence-electron chi connectivity index (χ4n) is 1.71. The van der Waals surface area contributed by atoms with Crippen molar-refractivity contribution in [2.24, 2.45) is 0 Å². The Morgan fingerprint density at radius 2 is 2.05 bits per heavy atom. The number of thiazole rings is 1. The monoisotopic (exact) mass is 294 g/mol. The van der Waals surface area contributed by atoms with E-state index in [0.29, 0.717) is 6.04 Å². The van der Waals surface area contributed by atoms with Gasteiger partial charge >= 0.3 is 0 Å². The minimum absolute atomic E-state index is 0.305. The number of aromatic nitrogens is 3. The van der Waals surface area contributed by atoms with Crippen molar-refractivity contribution in [2.45, 2.75) is 31.6 Å². The third-order valence-corrected chi connectivity index (χ3v) is 4.66. The van der Waals surface area contributed by atoms with E-state index in [2.05, 4.69) is 39.2 Å². The molecule has 1 atom stereocenters. The molecule has 2 rings (SSSR count). The van der Waals surface area contributed by atoms with Crippen LogP contribution < -0.4 is 0 Å². The van der Waals surface area contributed by atoms with Crippen LogP contribution in [0, 0.1) is 6.92 Å². The van der Waals surface area contributed by atoms with Gasteiger partial charge in [-0.2, -0.15) is 0 Å². The number of thioether (sulfide) groups is 1. The molecule has 2 aromatic rings. The number of hydrogen-bond donors (Lipinski definition) is 0. The second-order valence-electron chi connectivity index (χ2n) is 4.50. The summed E-state index contributed by atoms with van der Waals surface area (Å²) >= 11 is 3.27. The fourth-order valence-corrected chi connectivity index (χ4v) is 2.94. The molecule has 0 bridgehead atoms. The molecular formula is C13H18N4S2. The Balaban J connectivity index is 2.01. The van der Waals surface area contributed by atoms with Gasteiger partial charge < -0.3 is 0 Å². The Labute approximate surface area is 122 Å². The molecule has 0 radical (unpaired) electrons. The van der Waals surface area contributed by atoms with E-state index in [4.69, 9.17) is 0 Å². The van der Waals surface area contributed by atoms with Gasteiger partial charge in [0.2, 0.25) is 0 Å². The van der Waals surface area contributed by atoms with Crippen LogP contribution in [0.4, 0.5) is 0 Å². The Hall–Kier alpha value is -0.980. The van der Waals surface area contributed by atoms with Crippen molar-refractivity contribution in [3.8, 4) is 0 Å². The first-order chi connectivity index (χ1) is 9.10. The number of nitrogens with zero attached hydrogens (tertiary/aromatic N) is 4. The Bertz CT molecular complexity index is 524. The highest BCUT2D eigenvalue weighted by molar-refractivity contribution is 7.98. The summed E-state index contributed by atoms with van der Waals surface area (Å²) in [4.78, 5) is 15.4. The maximum Gasteiger partial charge on any atom is 0.187 e. The minimum atomic E-state index is 0.305. The first kappa shape index (κ1) is 14.4.